The van der Waals surface area contributed by atoms with Gasteiger partial charge in [0.05, 0.1) is 16.2 Å². The normalized spacial score (nSPS) is 12.1. The Labute approximate surface area is 177 Å². The second-order valence-corrected chi connectivity index (χ2v) is 8.79. The largest absolute Gasteiger partial charge is 0.416 e. The van der Waals surface area contributed by atoms with Crippen LogP contribution >= 0.6 is 11.3 Å². The maximum Gasteiger partial charge on any atom is 0.416 e. The third-order valence-electron chi connectivity index (χ3n) is 4.19. The molecule has 2 aromatic heterocycles. The zero-order chi connectivity index (χ0) is 22.2. The summed E-state index contributed by atoms with van der Waals surface area (Å²) in [5.41, 5.74) is -0.360. The van der Waals surface area contributed by atoms with E-state index in [0.29, 0.717) is 29.5 Å². The monoisotopic (exact) mass is 469 g/mol. The van der Waals surface area contributed by atoms with Crippen molar-refractivity contribution >= 4 is 26.5 Å². The molecule has 12 heteroatoms. The second kappa shape index (κ2) is 7.78. The van der Waals surface area contributed by atoms with Gasteiger partial charge in [-0.05, 0) is 30.3 Å². The first-order valence-corrected chi connectivity index (χ1v) is 10.9. The summed E-state index contributed by atoms with van der Waals surface area (Å²) in [6.07, 6.45) is -3.27. The van der Waals surface area contributed by atoms with Crippen molar-refractivity contribution in [1.29, 1.82) is 0 Å². The highest BCUT2D eigenvalue weighted by Crippen LogP contribution is 2.35. The highest BCUT2D eigenvalue weighted by molar-refractivity contribution is 7.93. The van der Waals surface area contributed by atoms with E-state index in [1.165, 1.54) is 35.9 Å². The second-order valence-electron chi connectivity index (χ2n) is 6.24. The van der Waals surface area contributed by atoms with E-state index >= 15 is 0 Å². The van der Waals surface area contributed by atoms with Crippen molar-refractivity contribution in [2.24, 2.45) is 0 Å². The molecule has 0 aliphatic rings. The van der Waals surface area contributed by atoms with Crippen molar-refractivity contribution in [3.63, 3.8) is 0 Å². The van der Waals surface area contributed by atoms with Gasteiger partial charge in [-0.1, -0.05) is 17.3 Å². The fourth-order valence-electron chi connectivity index (χ4n) is 2.68. The number of nitrogens with zero attached hydrogens (tertiary/aromatic N) is 2. The van der Waals surface area contributed by atoms with E-state index in [0.717, 1.165) is 11.3 Å². The SMILES string of the molecule is O=S(=O)(Nc1nc(-c2cc(C(F)(F)F)ccc2F)cs1)c1ccc(-c2ccon2)cc1. The average molecular weight is 469 g/mol. The fourth-order valence-corrected chi connectivity index (χ4v) is 4.65. The minimum atomic E-state index is -4.65. The van der Waals surface area contributed by atoms with E-state index in [2.05, 4.69) is 14.9 Å². The lowest BCUT2D eigenvalue weighted by Gasteiger charge is -2.08. The molecule has 2 heterocycles. The molecule has 31 heavy (non-hydrogen) atoms. The molecule has 0 fully saturated rings. The number of sulfonamides is 1. The molecule has 0 atom stereocenters. The number of hydrogen-bond donors (Lipinski definition) is 1. The summed E-state index contributed by atoms with van der Waals surface area (Å²) >= 11 is 0.817. The van der Waals surface area contributed by atoms with Crippen molar-refractivity contribution in [3.05, 3.63) is 71.6 Å². The summed E-state index contributed by atoms with van der Waals surface area (Å²) in [7, 11) is -4.03. The molecule has 160 valence electrons. The zero-order valence-electron chi connectivity index (χ0n) is 15.2. The lowest BCUT2D eigenvalue weighted by atomic mass is 10.1. The van der Waals surface area contributed by atoms with E-state index in [1.807, 2.05) is 0 Å². The Hall–Kier alpha value is -3.25. The van der Waals surface area contributed by atoms with Crippen LogP contribution in [0.2, 0.25) is 0 Å². The number of anilines is 1. The van der Waals surface area contributed by atoms with E-state index < -0.39 is 27.6 Å². The van der Waals surface area contributed by atoms with E-state index in [-0.39, 0.29) is 21.3 Å². The molecule has 0 bridgehead atoms. The molecule has 0 saturated heterocycles. The zero-order valence-corrected chi connectivity index (χ0v) is 16.9. The van der Waals surface area contributed by atoms with Gasteiger partial charge in [-0.3, -0.25) is 4.72 Å². The summed E-state index contributed by atoms with van der Waals surface area (Å²) in [5.74, 6) is -0.906. The van der Waals surface area contributed by atoms with Crippen LogP contribution in [0.25, 0.3) is 22.5 Å². The van der Waals surface area contributed by atoms with E-state index in [1.54, 1.807) is 6.07 Å². The molecule has 4 aromatic rings. The predicted octanol–water partition coefficient (Wildman–Crippen LogP) is 5.42. The summed E-state index contributed by atoms with van der Waals surface area (Å²) in [6.45, 7) is 0. The number of nitrogens with one attached hydrogen (secondary N) is 1. The molecule has 0 aliphatic carbocycles. The first kappa shape index (κ1) is 21.0. The molecule has 0 saturated carbocycles. The van der Waals surface area contributed by atoms with Crippen LogP contribution in [0, 0.1) is 5.82 Å². The third-order valence-corrected chi connectivity index (χ3v) is 6.44. The maximum absolute atomic E-state index is 14.1. The van der Waals surface area contributed by atoms with E-state index in [4.69, 9.17) is 4.52 Å². The van der Waals surface area contributed by atoms with Crippen LogP contribution in [0.4, 0.5) is 22.7 Å². The first-order valence-electron chi connectivity index (χ1n) is 8.50. The van der Waals surface area contributed by atoms with Crippen molar-refractivity contribution in [2.45, 2.75) is 11.1 Å². The Morgan fingerprint density at radius 1 is 1.00 bits per heavy atom. The van der Waals surface area contributed by atoms with Gasteiger partial charge in [0.15, 0.2) is 5.13 Å². The van der Waals surface area contributed by atoms with Gasteiger partial charge in [0.2, 0.25) is 0 Å². The molecular weight excluding hydrogens is 458 g/mol. The highest BCUT2D eigenvalue weighted by atomic mass is 32.2. The number of benzene rings is 2. The molecule has 0 spiro atoms. The van der Waals surface area contributed by atoms with Crippen LogP contribution in [-0.2, 0) is 16.2 Å². The van der Waals surface area contributed by atoms with Crippen molar-refractivity contribution < 1.29 is 30.5 Å². The van der Waals surface area contributed by atoms with Gasteiger partial charge in [0.25, 0.3) is 10.0 Å². The van der Waals surface area contributed by atoms with Crippen LogP contribution < -0.4 is 4.72 Å². The maximum atomic E-state index is 14.1. The Bertz CT molecular complexity index is 1320. The molecule has 1 N–H and O–H groups in total. The third kappa shape index (κ3) is 4.44. The average Bonchev–Trinajstić information content (AvgIpc) is 3.39. The van der Waals surface area contributed by atoms with Crippen LogP contribution in [0.1, 0.15) is 5.56 Å². The number of alkyl halides is 3. The van der Waals surface area contributed by atoms with Crippen LogP contribution in [0.3, 0.4) is 0 Å². The lowest BCUT2D eigenvalue weighted by Crippen LogP contribution is -2.12. The number of hydrogen-bond acceptors (Lipinski definition) is 6. The van der Waals surface area contributed by atoms with Crippen molar-refractivity contribution in [1.82, 2.24) is 10.1 Å². The standard InChI is InChI=1S/C19H11F4N3O3S2/c20-15-6-3-12(19(21,22)23)9-14(15)17-10-30-18(24-17)26-31(27,28)13-4-1-11(2-5-13)16-7-8-29-25-16/h1-10H,(H,24,26). The number of halogens is 4. The smallest absolute Gasteiger partial charge is 0.364 e. The minimum Gasteiger partial charge on any atom is -0.364 e. The van der Waals surface area contributed by atoms with Gasteiger partial charge in [0, 0.05) is 22.6 Å². The van der Waals surface area contributed by atoms with Gasteiger partial charge >= 0.3 is 6.18 Å². The lowest BCUT2D eigenvalue weighted by molar-refractivity contribution is -0.137. The Morgan fingerprint density at radius 2 is 1.74 bits per heavy atom. The molecule has 0 radical (unpaired) electrons. The Morgan fingerprint density at radius 3 is 2.39 bits per heavy atom. The molecule has 6 nitrogen and oxygen atoms in total. The van der Waals surface area contributed by atoms with Gasteiger partial charge in [-0.2, -0.15) is 13.2 Å². The molecule has 0 aliphatic heterocycles. The number of rotatable bonds is 5. The van der Waals surface area contributed by atoms with Crippen LogP contribution in [0.15, 0.2) is 69.6 Å². The fraction of sp³-hybridized carbons (Fsp3) is 0.0526. The Balaban J connectivity index is 1.57. The summed E-state index contributed by atoms with van der Waals surface area (Å²) < 4.78 is 85.0. The van der Waals surface area contributed by atoms with Gasteiger partial charge < -0.3 is 4.52 Å². The van der Waals surface area contributed by atoms with E-state index in [9.17, 15) is 26.0 Å². The van der Waals surface area contributed by atoms with Crippen molar-refractivity contribution in [2.75, 3.05) is 4.72 Å². The quantitative estimate of drug-likeness (QED) is 0.395. The molecule has 2 aromatic carbocycles. The molecule has 4 rings (SSSR count). The molecule has 0 unspecified atom stereocenters. The topological polar surface area (TPSA) is 85.1 Å². The highest BCUT2D eigenvalue weighted by Gasteiger charge is 2.31. The van der Waals surface area contributed by atoms with Crippen LogP contribution in [-0.4, -0.2) is 18.6 Å². The van der Waals surface area contributed by atoms with Gasteiger partial charge in [-0.25, -0.2) is 17.8 Å². The van der Waals surface area contributed by atoms with Gasteiger partial charge in [0.1, 0.15) is 17.8 Å². The van der Waals surface area contributed by atoms with Gasteiger partial charge in [-0.15, -0.1) is 11.3 Å². The first-order chi connectivity index (χ1) is 14.6. The van der Waals surface area contributed by atoms with Crippen LogP contribution in [0.5, 0.6) is 0 Å². The molecular formula is C19H11F4N3O3S2. The number of thiazole rings is 1. The minimum absolute atomic E-state index is 0.0678. The number of aromatic nitrogens is 2. The summed E-state index contributed by atoms with van der Waals surface area (Å²) in [6, 6.07) is 9.35. The summed E-state index contributed by atoms with van der Waals surface area (Å²) in [4.78, 5) is 3.86. The Kier molecular flexibility index (Phi) is 5.27. The summed E-state index contributed by atoms with van der Waals surface area (Å²) in [5, 5.41) is 4.91. The van der Waals surface area contributed by atoms with Crippen molar-refractivity contribution in [3.8, 4) is 22.5 Å². The predicted molar refractivity (Wildman–Crippen MR) is 105 cm³/mol. The molecule has 0 amide bonds.